The normalized spacial score (nSPS) is 20.9. The van der Waals surface area contributed by atoms with Crippen molar-refractivity contribution in [1.82, 2.24) is 4.90 Å². The number of nitrogens with zero attached hydrogens (tertiary/aromatic N) is 1. The molecule has 0 spiro atoms. The second kappa shape index (κ2) is 5.93. The van der Waals surface area contributed by atoms with Crippen LogP contribution < -0.4 is 0 Å². The SMILES string of the molecule is CCN1CCOC(C(=O)c2ccccc2C(F)(F)F)C1. The minimum Gasteiger partial charge on any atom is -0.367 e. The molecular weight excluding hydrogens is 271 g/mol. The van der Waals surface area contributed by atoms with E-state index < -0.39 is 23.6 Å². The molecule has 6 heteroatoms. The predicted molar refractivity (Wildman–Crippen MR) is 67.6 cm³/mol. The van der Waals surface area contributed by atoms with Crippen molar-refractivity contribution >= 4 is 5.78 Å². The molecular formula is C14H16F3NO2. The standard InChI is InChI=1S/C14H16F3NO2/c1-2-18-7-8-20-12(9-18)13(19)10-5-3-4-6-11(10)14(15,16)17/h3-6,12H,2,7-9H2,1H3. The molecule has 0 aliphatic carbocycles. The lowest BCUT2D eigenvalue weighted by Gasteiger charge is -2.31. The van der Waals surface area contributed by atoms with Crippen LogP contribution in [0.3, 0.4) is 0 Å². The molecule has 1 aliphatic heterocycles. The van der Waals surface area contributed by atoms with Gasteiger partial charge in [0.25, 0.3) is 0 Å². The number of hydrogen-bond donors (Lipinski definition) is 0. The van der Waals surface area contributed by atoms with Gasteiger partial charge in [-0.1, -0.05) is 25.1 Å². The summed E-state index contributed by atoms with van der Waals surface area (Å²) in [6.45, 7) is 4.08. The molecule has 2 rings (SSSR count). The Balaban J connectivity index is 2.25. The van der Waals surface area contributed by atoms with E-state index in [4.69, 9.17) is 4.74 Å². The Morgan fingerprint density at radius 1 is 1.40 bits per heavy atom. The average Bonchev–Trinajstić information content (AvgIpc) is 2.45. The van der Waals surface area contributed by atoms with E-state index in [9.17, 15) is 18.0 Å². The number of ketones is 1. The third-order valence-corrected chi connectivity index (χ3v) is 3.39. The molecule has 110 valence electrons. The van der Waals surface area contributed by atoms with Crippen molar-refractivity contribution in [3.63, 3.8) is 0 Å². The number of Topliss-reactive ketones (excluding diaryl/α,β-unsaturated/α-hetero) is 1. The van der Waals surface area contributed by atoms with E-state index in [-0.39, 0.29) is 5.56 Å². The van der Waals surface area contributed by atoms with Gasteiger partial charge in [-0.2, -0.15) is 13.2 Å². The van der Waals surface area contributed by atoms with Gasteiger partial charge in [0.05, 0.1) is 12.2 Å². The van der Waals surface area contributed by atoms with E-state index in [1.165, 1.54) is 18.2 Å². The van der Waals surface area contributed by atoms with Crippen molar-refractivity contribution < 1.29 is 22.7 Å². The fraction of sp³-hybridized carbons (Fsp3) is 0.500. The van der Waals surface area contributed by atoms with Gasteiger partial charge in [0.1, 0.15) is 6.10 Å². The molecule has 0 bridgehead atoms. The highest BCUT2D eigenvalue weighted by atomic mass is 19.4. The molecule has 0 aromatic heterocycles. The number of morpholine rings is 1. The second-order valence-electron chi connectivity index (χ2n) is 4.66. The zero-order valence-electron chi connectivity index (χ0n) is 11.1. The Kier molecular flexibility index (Phi) is 4.45. The molecule has 1 aliphatic rings. The summed E-state index contributed by atoms with van der Waals surface area (Å²) in [6.07, 6.45) is -5.36. The Labute approximate surface area is 115 Å². The molecule has 3 nitrogen and oxygen atoms in total. The van der Waals surface area contributed by atoms with Crippen LogP contribution in [0.15, 0.2) is 24.3 Å². The van der Waals surface area contributed by atoms with Crippen molar-refractivity contribution in [2.24, 2.45) is 0 Å². The molecule has 20 heavy (non-hydrogen) atoms. The molecule has 1 fully saturated rings. The number of hydrogen-bond acceptors (Lipinski definition) is 3. The maximum atomic E-state index is 12.9. The fourth-order valence-electron chi connectivity index (χ4n) is 2.27. The Hall–Kier alpha value is -1.40. The predicted octanol–water partition coefficient (Wildman–Crippen LogP) is 2.61. The number of likely N-dealkylation sites (N-methyl/N-ethyl adjacent to an activating group) is 1. The highest BCUT2D eigenvalue weighted by Gasteiger charge is 2.37. The number of carbonyl (C=O) groups is 1. The number of rotatable bonds is 3. The third-order valence-electron chi connectivity index (χ3n) is 3.39. The number of benzene rings is 1. The van der Waals surface area contributed by atoms with Crippen LogP contribution >= 0.6 is 0 Å². The summed E-state index contributed by atoms with van der Waals surface area (Å²) >= 11 is 0. The largest absolute Gasteiger partial charge is 0.417 e. The van der Waals surface area contributed by atoms with Gasteiger partial charge in [0.15, 0.2) is 5.78 Å². The minimum atomic E-state index is -4.54. The Morgan fingerprint density at radius 3 is 2.75 bits per heavy atom. The van der Waals surface area contributed by atoms with Gasteiger partial charge in [-0.05, 0) is 12.6 Å². The van der Waals surface area contributed by atoms with E-state index in [0.717, 1.165) is 12.6 Å². The summed E-state index contributed by atoms with van der Waals surface area (Å²) < 4.78 is 44.1. The molecule has 1 saturated heterocycles. The zero-order chi connectivity index (χ0) is 14.8. The van der Waals surface area contributed by atoms with E-state index in [2.05, 4.69) is 0 Å². The van der Waals surface area contributed by atoms with Gasteiger partial charge in [-0.15, -0.1) is 0 Å². The summed E-state index contributed by atoms with van der Waals surface area (Å²) in [4.78, 5) is 14.3. The Morgan fingerprint density at radius 2 is 2.10 bits per heavy atom. The molecule has 1 aromatic rings. The van der Waals surface area contributed by atoms with Crippen LogP contribution in [0.4, 0.5) is 13.2 Å². The van der Waals surface area contributed by atoms with Gasteiger partial charge in [0, 0.05) is 18.7 Å². The lowest BCUT2D eigenvalue weighted by molar-refractivity contribution is -0.138. The Bertz CT molecular complexity index is 488. The van der Waals surface area contributed by atoms with E-state index >= 15 is 0 Å². The zero-order valence-corrected chi connectivity index (χ0v) is 11.1. The molecule has 0 N–H and O–H groups in total. The van der Waals surface area contributed by atoms with E-state index in [1.807, 2.05) is 11.8 Å². The van der Waals surface area contributed by atoms with Crippen LogP contribution in [-0.2, 0) is 10.9 Å². The van der Waals surface area contributed by atoms with Crippen LogP contribution in [-0.4, -0.2) is 43.0 Å². The summed E-state index contributed by atoms with van der Waals surface area (Å²) in [7, 11) is 0. The van der Waals surface area contributed by atoms with Crippen LogP contribution in [0, 0.1) is 0 Å². The summed E-state index contributed by atoms with van der Waals surface area (Å²) in [5.41, 5.74) is -1.22. The summed E-state index contributed by atoms with van der Waals surface area (Å²) in [5, 5.41) is 0. The maximum Gasteiger partial charge on any atom is 0.417 e. The lowest BCUT2D eigenvalue weighted by Crippen LogP contribution is -2.46. The molecule has 1 unspecified atom stereocenters. The van der Waals surface area contributed by atoms with E-state index in [1.54, 1.807) is 0 Å². The molecule has 0 amide bonds. The lowest BCUT2D eigenvalue weighted by atomic mass is 9.99. The van der Waals surface area contributed by atoms with Crippen LogP contribution in [0.25, 0.3) is 0 Å². The first-order valence-corrected chi connectivity index (χ1v) is 6.48. The van der Waals surface area contributed by atoms with Crippen molar-refractivity contribution in [2.45, 2.75) is 19.2 Å². The fourth-order valence-corrected chi connectivity index (χ4v) is 2.27. The highest BCUT2D eigenvalue weighted by Crippen LogP contribution is 2.32. The van der Waals surface area contributed by atoms with Gasteiger partial charge >= 0.3 is 6.18 Å². The summed E-state index contributed by atoms with van der Waals surface area (Å²) in [5.74, 6) is -0.601. The molecule has 1 atom stereocenters. The van der Waals surface area contributed by atoms with Crippen molar-refractivity contribution in [3.05, 3.63) is 35.4 Å². The maximum absolute atomic E-state index is 12.9. The first kappa shape index (κ1) is 15.0. The minimum absolute atomic E-state index is 0.317. The van der Waals surface area contributed by atoms with Gasteiger partial charge in [-0.3, -0.25) is 9.69 Å². The quantitative estimate of drug-likeness (QED) is 0.800. The molecule has 0 saturated carbocycles. The van der Waals surface area contributed by atoms with Gasteiger partial charge in [-0.25, -0.2) is 0 Å². The molecule has 0 radical (unpaired) electrons. The van der Waals surface area contributed by atoms with Gasteiger partial charge < -0.3 is 4.74 Å². The van der Waals surface area contributed by atoms with Crippen LogP contribution in [0.2, 0.25) is 0 Å². The first-order chi connectivity index (χ1) is 9.43. The topological polar surface area (TPSA) is 29.5 Å². The first-order valence-electron chi connectivity index (χ1n) is 6.48. The number of carbonyl (C=O) groups excluding carboxylic acids is 1. The van der Waals surface area contributed by atoms with Crippen LogP contribution in [0.1, 0.15) is 22.8 Å². The number of halogens is 3. The van der Waals surface area contributed by atoms with E-state index in [0.29, 0.717) is 19.7 Å². The summed E-state index contributed by atoms with van der Waals surface area (Å²) in [6, 6.07) is 4.84. The average molecular weight is 287 g/mol. The highest BCUT2D eigenvalue weighted by molar-refractivity contribution is 6.01. The monoisotopic (exact) mass is 287 g/mol. The smallest absolute Gasteiger partial charge is 0.367 e. The second-order valence-corrected chi connectivity index (χ2v) is 4.66. The van der Waals surface area contributed by atoms with Crippen molar-refractivity contribution in [3.8, 4) is 0 Å². The van der Waals surface area contributed by atoms with Crippen LogP contribution in [0.5, 0.6) is 0 Å². The van der Waals surface area contributed by atoms with Crippen molar-refractivity contribution in [1.29, 1.82) is 0 Å². The number of ether oxygens (including phenoxy) is 1. The third kappa shape index (κ3) is 3.19. The van der Waals surface area contributed by atoms with Crippen molar-refractivity contribution in [2.75, 3.05) is 26.2 Å². The molecule has 1 aromatic carbocycles. The van der Waals surface area contributed by atoms with Gasteiger partial charge in [0.2, 0.25) is 0 Å². The number of alkyl halides is 3. The molecule has 1 heterocycles.